The van der Waals surface area contributed by atoms with Crippen LogP contribution in [0, 0.1) is 5.92 Å². The summed E-state index contributed by atoms with van der Waals surface area (Å²) >= 11 is 0. The molecule has 2 atom stereocenters. The number of rotatable bonds is 10. The van der Waals surface area contributed by atoms with E-state index in [4.69, 9.17) is 0 Å². The van der Waals surface area contributed by atoms with Gasteiger partial charge in [-0.05, 0) is 72.7 Å². The van der Waals surface area contributed by atoms with Crippen molar-refractivity contribution in [3.8, 4) is 0 Å². The number of imidazole rings is 1. The molecule has 2 aromatic heterocycles. The summed E-state index contributed by atoms with van der Waals surface area (Å²) in [6.07, 6.45) is 15.3. The molecule has 256 valence electrons. The number of alkyl halides is 3. The van der Waals surface area contributed by atoms with E-state index in [0.29, 0.717) is 31.4 Å². The predicted molar refractivity (Wildman–Crippen MR) is 175 cm³/mol. The van der Waals surface area contributed by atoms with Gasteiger partial charge in [0.25, 0.3) is 0 Å². The number of aromatic nitrogens is 3. The molecule has 0 saturated heterocycles. The minimum absolute atomic E-state index is 0.0278. The third-order valence-corrected chi connectivity index (χ3v) is 7.27. The van der Waals surface area contributed by atoms with Gasteiger partial charge in [0.15, 0.2) is 11.9 Å². The molecule has 3 aliphatic carbocycles. The van der Waals surface area contributed by atoms with E-state index in [1.54, 1.807) is 24.6 Å². The Bertz CT molecular complexity index is 1140. The summed E-state index contributed by atoms with van der Waals surface area (Å²) in [6, 6.07) is 2.33. The number of hydrazine groups is 1. The fraction of sp³-hybridized carbons (Fsp3) is 0.697. The first-order chi connectivity index (χ1) is 21.4. The molecule has 2 heterocycles. The summed E-state index contributed by atoms with van der Waals surface area (Å²) in [5.74, 6) is -2.29. The second kappa shape index (κ2) is 21.1. The van der Waals surface area contributed by atoms with Crippen molar-refractivity contribution in [2.24, 2.45) is 5.92 Å². The van der Waals surface area contributed by atoms with Crippen LogP contribution in [0.2, 0.25) is 0 Å². The number of carbonyl (C=O) groups excluding carboxylic acids is 2. The van der Waals surface area contributed by atoms with Crippen molar-refractivity contribution in [2.75, 3.05) is 21.1 Å². The van der Waals surface area contributed by atoms with E-state index in [-0.39, 0.29) is 24.8 Å². The zero-order valence-corrected chi connectivity index (χ0v) is 28.3. The van der Waals surface area contributed by atoms with Crippen molar-refractivity contribution in [1.29, 1.82) is 0 Å². The number of halogens is 3. The number of nitrogens with one attached hydrogen (secondary N) is 3. The van der Waals surface area contributed by atoms with Crippen molar-refractivity contribution >= 4 is 18.2 Å². The van der Waals surface area contributed by atoms with Gasteiger partial charge in [-0.25, -0.2) is 28.1 Å². The molecule has 9 nitrogen and oxygen atoms in total. The Labute approximate surface area is 267 Å². The quantitative estimate of drug-likeness (QED) is 0.161. The van der Waals surface area contributed by atoms with E-state index in [2.05, 4.69) is 26.1 Å². The van der Waals surface area contributed by atoms with Gasteiger partial charge in [-0.3, -0.25) is 4.79 Å². The Morgan fingerprint density at radius 3 is 1.96 bits per heavy atom. The highest BCUT2D eigenvalue weighted by Gasteiger charge is 2.50. The minimum atomic E-state index is -2.32. The van der Waals surface area contributed by atoms with Crippen LogP contribution in [0.25, 0.3) is 5.65 Å². The third kappa shape index (κ3) is 16.9. The highest BCUT2D eigenvalue weighted by atomic mass is 19.3. The maximum atomic E-state index is 12.5. The first-order valence-corrected chi connectivity index (χ1v) is 16.1. The molecule has 3 N–H and O–H groups in total. The highest BCUT2D eigenvalue weighted by Crippen LogP contribution is 2.48. The molecular weight excluding hydrogens is 583 g/mol. The smallest absolute Gasteiger partial charge is 0.248 e. The molecule has 0 radical (unpaired) electrons. The van der Waals surface area contributed by atoms with Crippen molar-refractivity contribution in [1.82, 2.24) is 35.7 Å². The molecule has 0 aromatic carbocycles. The maximum absolute atomic E-state index is 12.5. The third-order valence-electron chi connectivity index (χ3n) is 7.27. The molecule has 0 spiro atoms. The molecule has 3 saturated carbocycles. The number of fused-ring (bicyclic) bond motifs is 1. The van der Waals surface area contributed by atoms with Gasteiger partial charge >= 0.3 is 0 Å². The monoisotopic (exact) mass is 639 g/mol. The zero-order valence-electron chi connectivity index (χ0n) is 28.3. The van der Waals surface area contributed by atoms with Crippen LogP contribution in [0.5, 0.6) is 0 Å². The molecule has 2 unspecified atom stereocenters. The Morgan fingerprint density at radius 1 is 1.04 bits per heavy atom. The Kier molecular flexibility index (Phi) is 18.8. The second-order valence-electron chi connectivity index (χ2n) is 12.0. The van der Waals surface area contributed by atoms with E-state index in [1.807, 2.05) is 58.3 Å². The van der Waals surface area contributed by atoms with E-state index in [0.717, 1.165) is 49.0 Å². The van der Waals surface area contributed by atoms with Crippen LogP contribution in [0.15, 0.2) is 30.2 Å². The molecule has 3 fully saturated rings. The number of aldehydes is 2. The summed E-state index contributed by atoms with van der Waals surface area (Å²) in [4.78, 5) is 24.7. The average molecular weight is 640 g/mol. The Balaban J connectivity index is 0.000000300. The Morgan fingerprint density at radius 2 is 1.62 bits per heavy atom. The summed E-state index contributed by atoms with van der Waals surface area (Å²) in [7, 11) is 5.62. The van der Waals surface area contributed by atoms with Crippen molar-refractivity contribution < 1.29 is 22.8 Å². The van der Waals surface area contributed by atoms with Crippen LogP contribution >= 0.6 is 0 Å². The van der Waals surface area contributed by atoms with Crippen LogP contribution in [0.3, 0.4) is 0 Å². The average Bonchev–Trinajstić information content (AvgIpc) is 3.92. The number of hydrogen-bond acceptors (Lipinski definition) is 8. The second-order valence-corrected chi connectivity index (χ2v) is 12.0. The highest BCUT2D eigenvalue weighted by molar-refractivity contribution is 5.71. The fourth-order valence-corrected chi connectivity index (χ4v) is 4.42. The van der Waals surface area contributed by atoms with Crippen molar-refractivity contribution in [2.45, 2.75) is 123 Å². The van der Waals surface area contributed by atoms with Crippen LogP contribution in [0.4, 0.5) is 13.2 Å². The topological polar surface area (TPSA) is 104 Å². The van der Waals surface area contributed by atoms with Gasteiger partial charge in [0.2, 0.25) is 5.92 Å². The first kappa shape index (κ1) is 40.2. The van der Waals surface area contributed by atoms with E-state index >= 15 is 0 Å². The Hall–Kier alpha value is -2.83. The lowest BCUT2D eigenvalue weighted by Crippen LogP contribution is -2.40. The molecule has 12 heteroatoms. The minimum Gasteiger partial charge on any atom is -0.316 e. The lowest BCUT2D eigenvalue weighted by Gasteiger charge is -2.26. The van der Waals surface area contributed by atoms with Gasteiger partial charge in [-0.2, -0.15) is 5.10 Å². The van der Waals surface area contributed by atoms with Gasteiger partial charge in [0, 0.05) is 51.4 Å². The fourth-order valence-electron chi connectivity index (χ4n) is 4.42. The number of carbonyl (C=O) groups is 2. The maximum Gasteiger partial charge on any atom is 0.248 e. The summed E-state index contributed by atoms with van der Waals surface area (Å²) in [6.45, 7) is 9.01. The number of hydrogen-bond donors (Lipinski definition) is 3. The molecule has 45 heavy (non-hydrogen) atoms. The van der Waals surface area contributed by atoms with Crippen LogP contribution in [0.1, 0.15) is 103 Å². The largest absolute Gasteiger partial charge is 0.316 e. The number of allylic oxidation sites excluding steroid dienone is 2. The molecule has 0 amide bonds. The van der Waals surface area contributed by atoms with Crippen LogP contribution < -0.4 is 16.1 Å². The summed E-state index contributed by atoms with van der Waals surface area (Å²) in [5.41, 5.74) is 5.64. The van der Waals surface area contributed by atoms with Gasteiger partial charge in [-0.1, -0.05) is 31.8 Å². The van der Waals surface area contributed by atoms with E-state index in [1.165, 1.54) is 19.3 Å². The van der Waals surface area contributed by atoms with E-state index < -0.39 is 11.6 Å². The predicted octanol–water partition coefficient (Wildman–Crippen LogP) is 6.18. The van der Waals surface area contributed by atoms with Gasteiger partial charge in [0.05, 0.1) is 23.8 Å². The lowest BCUT2D eigenvalue weighted by atomic mass is 9.97. The zero-order chi connectivity index (χ0) is 33.9. The van der Waals surface area contributed by atoms with Crippen LogP contribution in [-0.2, 0) is 22.7 Å². The van der Waals surface area contributed by atoms with Crippen molar-refractivity contribution in [3.63, 3.8) is 0 Å². The molecule has 0 aliphatic heterocycles. The van der Waals surface area contributed by atoms with Crippen molar-refractivity contribution in [3.05, 3.63) is 41.5 Å². The first-order valence-electron chi connectivity index (χ1n) is 16.1. The standard InChI is InChI=1S/C10H15N5.C8H16N2O.C6H10F2.C6H9FO.C3H6/c1-11-4-8-3-10-14-9(6-12-2)7-15(10)13-5-8;1-5-8(6-11)10(9-4)7(2)3;7-6(8)4-2-1-3-5-6;1-6(7)4-5(6)2-3-8;1-2-3-1/h3,5,7,11-12H,4,6H2,1-2H3;5-7,9H,1-4H3;1-5H2;3,5H,2,4H2,1H3;1-3H2/b;8-5-;;;. The SMILES string of the molecule is C/C=C(/C=O)N(NC)C(C)C.C1CC1.CC1(F)CC1CC=O.CNCc1cnn2cc(CNC)nc2c1.FC1(F)CCCCC1. The van der Waals surface area contributed by atoms with Gasteiger partial charge < -0.3 is 20.4 Å². The molecular formula is C33H56F3N7O2. The summed E-state index contributed by atoms with van der Waals surface area (Å²) < 4.78 is 38.7. The number of nitrogens with zero attached hydrogens (tertiary/aromatic N) is 4. The molecule has 3 aliphatic rings. The molecule has 0 bridgehead atoms. The normalized spacial score (nSPS) is 21.0. The lowest BCUT2D eigenvalue weighted by molar-refractivity contribution is -0.108. The summed E-state index contributed by atoms with van der Waals surface area (Å²) in [5, 5.41) is 12.3. The molecule has 2 aromatic rings. The van der Waals surface area contributed by atoms with E-state index in [9.17, 15) is 22.8 Å². The van der Waals surface area contributed by atoms with Crippen LogP contribution in [-0.4, -0.2) is 71.0 Å². The van der Waals surface area contributed by atoms with Gasteiger partial charge in [-0.15, -0.1) is 0 Å². The molecule has 5 rings (SSSR count). The van der Waals surface area contributed by atoms with Gasteiger partial charge in [0.1, 0.15) is 12.0 Å².